The van der Waals surface area contributed by atoms with Gasteiger partial charge in [0.25, 0.3) is 0 Å². The second-order valence-corrected chi connectivity index (χ2v) is 5.33. The van der Waals surface area contributed by atoms with Crippen molar-refractivity contribution in [3.05, 3.63) is 65.7 Å². The Morgan fingerprint density at radius 2 is 1.70 bits per heavy atom. The summed E-state index contributed by atoms with van der Waals surface area (Å²) in [7, 11) is 0. The van der Waals surface area contributed by atoms with E-state index >= 15 is 0 Å². The minimum absolute atomic E-state index is 1.10. The Morgan fingerprint density at radius 1 is 0.950 bits per heavy atom. The van der Waals surface area contributed by atoms with E-state index in [-0.39, 0.29) is 0 Å². The summed E-state index contributed by atoms with van der Waals surface area (Å²) < 4.78 is 0. The van der Waals surface area contributed by atoms with Crippen LogP contribution in [0.1, 0.15) is 44.2 Å². The molecule has 0 heteroatoms. The van der Waals surface area contributed by atoms with Crippen LogP contribution < -0.4 is 0 Å². The van der Waals surface area contributed by atoms with Crippen molar-refractivity contribution in [3.63, 3.8) is 0 Å². The molecule has 104 valence electrons. The third-order valence-corrected chi connectivity index (χ3v) is 3.59. The molecule has 2 aromatic carbocycles. The van der Waals surface area contributed by atoms with Crippen LogP contribution in [-0.2, 0) is 0 Å². The number of aryl methyl sites for hydroxylation is 1. The SMILES string of the molecule is CC/C=C(/CCC)c1cccc(-c2ccc(C)cc2)c1. The Bertz CT molecular complexity index is 573. The summed E-state index contributed by atoms with van der Waals surface area (Å²) in [6, 6.07) is 17.7. The highest BCUT2D eigenvalue weighted by Gasteiger charge is 2.03. The molecule has 0 saturated heterocycles. The molecule has 20 heavy (non-hydrogen) atoms. The van der Waals surface area contributed by atoms with E-state index in [9.17, 15) is 0 Å². The first kappa shape index (κ1) is 14.6. The molecule has 0 nitrogen and oxygen atoms in total. The maximum Gasteiger partial charge on any atom is -0.0178 e. The second kappa shape index (κ2) is 7.09. The van der Waals surface area contributed by atoms with Crippen LogP contribution in [0.4, 0.5) is 0 Å². The second-order valence-electron chi connectivity index (χ2n) is 5.33. The standard InChI is InChI=1S/C20H24/c1-4-7-17(8-5-2)19-9-6-10-20(15-19)18-13-11-16(3)12-14-18/h6-7,9-15H,4-5,8H2,1-3H3/b17-7-. The lowest BCUT2D eigenvalue weighted by molar-refractivity contribution is 0.967. The molecular formula is C20H24. The van der Waals surface area contributed by atoms with Crippen LogP contribution in [0, 0.1) is 6.92 Å². The number of rotatable bonds is 5. The zero-order chi connectivity index (χ0) is 14.4. The number of benzene rings is 2. The van der Waals surface area contributed by atoms with Gasteiger partial charge in [0.05, 0.1) is 0 Å². The van der Waals surface area contributed by atoms with Crippen molar-refractivity contribution in [1.29, 1.82) is 0 Å². The van der Waals surface area contributed by atoms with Gasteiger partial charge in [0.2, 0.25) is 0 Å². The molecule has 0 N–H and O–H groups in total. The molecule has 0 fully saturated rings. The van der Waals surface area contributed by atoms with Crippen molar-refractivity contribution in [3.8, 4) is 11.1 Å². The molecule has 0 saturated carbocycles. The monoisotopic (exact) mass is 264 g/mol. The van der Waals surface area contributed by atoms with Crippen molar-refractivity contribution in [2.24, 2.45) is 0 Å². The molecule has 0 spiro atoms. The highest BCUT2D eigenvalue weighted by molar-refractivity contribution is 5.72. The molecule has 0 aliphatic carbocycles. The molecule has 0 aromatic heterocycles. The van der Waals surface area contributed by atoms with E-state index in [1.807, 2.05) is 0 Å². The lowest BCUT2D eigenvalue weighted by atomic mass is 9.96. The van der Waals surface area contributed by atoms with Crippen LogP contribution in [0.25, 0.3) is 16.7 Å². The Morgan fingerprint density at radius 3 is 2.35 bits per heavy atom. The van der Waals surface area contributed by atoms with Gasteiger partial charge in [-0.1, -0.05) is 74.4 Å². The third-order valence-electron chi connectivity index (χ3n) is 3.59. The largest absolute Gasteiger partial charge is 0.0810 e. The van der Waals surface area contributed by atoms with E-state index in [0.717, 1.165) is 12.8 Å². The van der Waals surface area contributed by atoms with E-state index in [0.29, 0.717) is 0 Å². The normalized spacial score (nSPS) is 11.7. The molecule has 0 heterocycles. The van der Waals surface area contributed by atoms with Crippen LogP contribution in [0.5, 0.6) is 0 Å². The molecule has 2 aromatic rings. The van der Waals surface area contributed by atoms with E-state index in [1.54, 1.807) is 0 Å². The topological polar surface area (TPSA) is 0 Å². The average molecular weight is 264 g/mol. The third kappa shape index (κ3) is 3.60. The molecule has 0 atom stereocenters. The molecule has 0 unspecified atom stereocenters. The number of allylic oxidation sites excluding steroid dienone is 2. The van der Waals surface area contributed by atoms with Crippen molar-refractivity contribution in [2.75, 3.05) is 0 Å². The van der Waals surface area contributed by atoms with E-state index in [4.69, 9.17) is 0 Å². The summed E-state index contributed by atoms with van der Waals surface area (Å²) in [4.78, 5) is 0. The fourth-order valence-corrected chi connectivity index (χ4v) is 2.52. The van der Waals surface area contributed by atoms with Gasteiger partial charge in [0.1, 0.15) is 0 Å². The highest BCUT2D eigenvalue weighted by Crippen LogP contribution is 2.26. The first-order valence-corrected chi connectivity index (χ1v) is 7.61. The fourth-order valence-electron chi connectivity index (χ4n) is 2.52. The lowest BCUT2D eigenvalue weighted by Gasteiger charge is -2.09. The first-order chi connectivity index (χ1) is 9.74. The lowest BCUT2D eigenvalue weighted by Crippen LogP contribution is -1.87. The highest BCUT2D eigenvalue weighted by atomic mass is 14.1. The number of hydrogen-bond acceptors (Lipinski definition) is 0. The summed E-state index contributed by atoms with van der Waals surface area (Å²) in [6.07, 6.45) is 5.81. The zero-order valence-corrected chi connectivity index (χ0v) is 12.8. The summed E-state index contributed by atoms with van der Waals surface area (Å²) in [6.45, 7) is 6.58. The van der Waals surface area contributed by atoms with Gasteiger partial charge in [-0.2, -0.15) is 0 Å². The summed E-state index contributed by atoms with van der Waals surface area (Å²) in [5.41, 5.74) is 6.75. The van der Waals surface area contributed by atoms with Gasteiger partial charge in [-0.15, -0.1) is 0 Å². The molecule has 0 radical (unpaired) electrons. The molecular weight excluding hydrogens is 240 g/mol. The smallest absolute Gasteiger partial charge is 0.0178 e. The van der Waals surface area contributed by atoms with Gasteiger partial charge in [0, 0.05) is 0 Å². The van der Waals surface area contributed by atoms with E-state index < -0.39 is 0 Å². The van der Waals surface area contributed by atoms with Crippen LogP contribution in [0.15, 0.2) is 54.6 Å². The van der Waals surface area contributed by atoms with Gasteiger partial charge >= 0.3 is 0 Å². The van der Waals surface area contributed by atoms with Crippen LogP contribution in [-0.4, -0.2) is 0 Å². The quantitative estimate of drug-likeness (QED) is 0.598. The minimum atomic E-state index is 1.10. The molecule has 2 rings (SSSR count). The average Bonchev–Trinajstić information content (AvgIpc) is 2.48. The first-order valence-electron chi connectivity index (χ1n) is 7.61. The Hall–Kier alpha value is -1.82. The summed E-state index contributed by atoms with van der Waals surface area (Å²) in [5, 5.41) is 0. The Labute approximate surface area is 123 Å². The van der Waals surface area contributed by atoms with Gasteiger partial charge < -0.3 is 0 Å². The molecule has 0 amide bonds. The summed E-state index contributed by atoms with van der Waals surface area (Å²) >= 11 is 0. The Balaban J connectivity index is 2.36. The van der Waals surface area contributed by atoms with Gasteiger partial charge in [-0.05, 0) is 48.1 Å². The molecule has 0 bridgehead atoms. The van der Waals surface area contributed by atoms with Gasteiger partial charge in [0.15, 0.2) is 0 Å². The van der Waals surface area contributed by atoms with E-state index in [1.165, 1.54) is 34.2 Å². The van der Waals surface area contributed by atoms with Gasteiger partial charge in [-0.25, -0.2) is 0 Å². The van der Waals surface area contributed by atoms with Crippen molar-refractivity contribution < 1.29 is 0 Å². The molecule has 0 aliphatic heterocycles. The van der Waals surface area contributed by atoms with Crippen LogP contribution in [0.2, 0.25) is 0 Å². The number of hydrogen-bond donors (Lipinski definition) is 0. The predicted molar refractivity (Wildman–Crippen MR) is 89.8 cm³/mol. The van der Waals surface area contributed by atoms with E-state index in [2.05, 4.69) is 75.4 Å². The van der Waals surface area contributed by atoms with Crippen LogP contribution >= 0.6 is 0 Å². The van der Waals surface area contributed by atoms with Crippen molar-refractivity contribution in [1.82, 2.24) is 0 Å². The van der Waals surface area contributed by atoms with Gasteiger partial charge in [-0.3, -0.25) is 0 Å². The maximum absolute atomic E-state index is 2.36. The minimum Gasteiger partial charge on any atom is -0.0810 e. The molecule has 0 aliphatic rings. The zero-order valence-electron chi connectivity index (χ0n) is 12.8. The predicted octanol–water partition coefficient (Wildman–Crippen LogP) is 6.26. The summed E-state index contributed by atoms with van der Waals surface area (Å²) in [5.74, 6) is 0. The van der Waals surface area contributed by atoms with Crippen molar-refractivity contribution >= 4 is 5.57 Å². The Kier molecular flexibility index (Phi) is 5.17. The maximum atomic E-state index is 2.36. The van der Waals surface area contributed by atoms with Crippen LogP contribution in [0.3, 0.4) is 0 Å². The fraction of sp³-hybridized carbons (Fsp3) is 0.300. The van der Waals surface area contributed by atoms with Crippen molar-refractivity contribution in [2.45, 2.75) is 40.0 Å².